The molecule has 1 atom stereocenters. The van der Waals surface area contributed by atoms with Gasteiger partial charge in [-0.2, -0.15) is 0 Å². The lowest BCUT2D eigenvalue weighted by atomic mass is 9.97. The highest BCUT2D eigenvalue weighted by Crippen LogP contribution is 2.37. The number of ether oxygens (including phenoxy) is 1. The smallest absolute Gasteiger partial charge is 0.414 e. The van der Waals surface area contributed by atoms with E-state index in [1.807, 2.05) is 6.92 Å². The van der Waals surface area contributed by atoms with Crippen LogP contribution in [0.15, 0.2) is 11.3 Å². The quantitative estimate of drug-likeness (QED) is 0.610. The van der Waals surface area contributed by atoms with Gasteiger partial charge in [0.1, 0.15) is 0 Å². The van der Waals surface area contributed by atoms with E-state index in [4.69, 9.17) is 0 Å². The maximum absolute atomic E-state index is 11.7. The van der Waals surface area contributed by atoms with Crippen molar-refractivity contribution in [2.45, 2.75) is 26.2 Å². The van der Waals surface area contributed by atoms with Crippen LogP contribution in [-0.2, 0) is 9.53 Å². The number of hydrogen-bond acceptors (Lipinski definition) is 3. The third-order valence-electron chi connectivity index (χ3n) is 3.15. The summed E-state index contributed by atoms with van der Waals surface area (Å²) in [4.78, 5) is 24.7. The molecule has 0 bridgehead atoms. The van der Waals surface area contributed by atoms with E-state index >= 15 is 0 Å². The second kappa shape index (κ2) is 3.68. The van der Waals surface area contributed by atoms with Crippen LogP contribution in [0.3, 0.4) is 0 Å². The third kappa shape index (κ3) is 1.54. The lowest BCUT2D eigenvalue weighted by molar-refractivity contribution is -0.116. The minimum atomic E-state index is -0.412. The van der Waals surface area contributed by atoms with Crippen molar-refractivity contribution in [3.05, 3.63) is 11.3 Å². The van der Waals surface area contributed by atoms with Gasteiger partial charge in [0.25, 0.3) is 0 Å². The molecule has 0 fully saturated rings. The summed E-state index contributed by atoms with van der Waals surface area (Å²) in [6, 6.07) is 0. The first-order chi connectivity index (χ1) is 7.15. The SMILES string of the molecule is COC(=O)N1CCCC2=C1C(=O)C[C@@H]2C. The predicted octanol–water partition coefficient (Wildman–Crippen LogP) is 1.71. The summed E-state index contributed by atoms with van der Waals surface area (Å²) in [5.74, 6) is 0.377. The molecular weight excluding hydrogens is 194 g/mol. The van der Waals surface area contributed by atoms with Gasteiger partial charge >= 0.3 is 6.09 Å². The molecule has 0 radical (unpaired) electrons. The topological polar surface area (TPSA) is 46.6 Å². The molecule has 1 heterocycles. The van der Waals surface area contributed by atoms with Crippen molar-refractivity contribution >= 4 is 11.9 Å². The number of rotatable bonds is 0. The molecule has 4 heteroatoms. The van der Waals surface area contributed by atoms with Crippen molar-refractivity contribution < 1.29 is 14.3 Å². The molecule has 0 unspecified atom stereocenters. The lowest BCUT2D eigenvalue weighted by Gasteiger charge is -2.27. The normalized spacial score (nSPS) is 25.6. The average molecular weight is 209 g/mol. The molecule has 82 valence electrons. The van der Waals surface area contributed by atoms with Crippen LogP contribution in [0, 0.1) is 5.92 Å². The molecule has 1 aliphatic carbocycles. The second-order valence-electron chi connectivity index (χ2n) is 4.13. The Morgan fingerprint density at radius 2 is 2.27 bits per heavy atom. The Kier molecular flexibility index (Phi) is 2.50. The monoisotopic (exact) mass is 209 g/mol. The van der Waals surface area contributed by atoms with Gasteiger partial charge in [-0.05, 0) is 24.3 Å². The third-order valence-corrected chi connectivity index (χ3v) is 3.15. The highest BCUT2D eigenvalue weighted by atomic mass is 16.5. The zero-order valence-electron chi connectivity index (χ0n) is 9.08. The number of amides is 1. The first kappa shape index (κ1) is 10.2. The molecule has 2 rings (SSSR count). The van der Waals surface area contributed by atoms with E-state index in [-0.39, 0.29) is 5.78 Å². The maximum atomic E-state index is 11.7. The second-order valence-corrected chi connectivity index (χ2v) is 4.13. The number of allylic oxidation sites excluding steroid dienone is 2. The summed E-state index contributed by atoms with van der Waals surface area (Å²) >= 11 is 0. The Labute approximate surface area is 88.9 Å². The first-order valence-corrected chi connectivity index (χ1v) is 5.27. The van der Waals surface area contributed by atoms with Crippen molar-refractivity contribution in [3.63, 3.8) is 0 Å². The Bertz CT molecular complexity index is 346. The Hall–Kier alpha value is -1.32. The fraction of sp³-hybridized carbons (Fsp3) is 0.636. The van der Waals surface area contributed by atoms with Gasteiger partial charge in [0, 0.05) is 13.0 Å². The van der Waals surface area contributed by atoms with E-state index in [0.29, 0.717) is 24.6 Å². The van der Waals surface area contributed by atoms with Crippen LogP contribution in [0.25, 0.3) is 0 Å². The average Bonchev–Trinajstić information content (AvgIpc) is 2.54. The van der Waals surface area contributed by atoms with Gasteiger partial charge in [-0.1, -0.05) is 6.92 Å². The van der Waals surface area contributed by atoms with Crippen LogP contribution in [0.2, 0.25) is 0 Å². The van der Waals surface area contributed by atoms with Crippen molar-refractivity contribution in [2.24, 2.45) is 5.92 Å². The first-order valence-electron chi connectivity index (χ1n) is 5.27. The fourth-order valence-electron chi connectivity index (χ4n) is 2.43. The number of carbonyl (C=O) groups is 2. The maximum Gasteiger partial charge on any atom is 0.414 e. The van der Waals surface area contributed by atoms with Crippen LogP contribution in [0.1, 0.15) is 26.2 Å². The standard InChI is InChI=1S/C11H15NO3/c1-7-6-9(13)10-8(7)4-3-5-12(10)11(14)15-2/h7H,3-6H2,1-2H3/t7-/m0/s1. The zero-order chi connectivity index (χ0) is 11.0. The van der Waals surface area contributed by atoms with Gasteiger partial charge in [-0.25, -0.2) is 4.79 Å². The highest BCUT2D eigenvalue weighted by Gasteiger charge is 2.37. The van der Waals surface area contributed by atoms with Gasteiger partial charge in [-0.15, -0.1) is 0 Å². The predicted molar refractivity (Wildman–Crippen MR) is 54.2 cm³/mol. The Balaban J connectivity index is 2.35. The molecule has 0 N–H and O–H groups in total. The molecule has 0 saturated carbocycles. The molecular formula is C11H15NO3. The number of methoxy groups -OCH3 is 1. The molecule has 0 spiro atoms. The summed E-state index contributed by atoms with van der Waals surface area (Å²) in [5, 5.41) is 0. The number of carbonyl (C=O) groups excluding carboxylic acids is 2. The van der Waals surface area contributed by atoms with Gasteiger partial charge in [-0.3, -0.25) is 9.69 Å². The van der Waals surface area contributed by atoms with Gasteiger partial charge in [0.2, 0.25) is 0 Å². The molecule has 4 nitrogen and oxygen atoms in total. The van der Waals surface area contributed by atoms with Crippen LogP contribution in [0.4, 0.5) is 4.79 Å². The van der Waals surface area contributed by atoms with Crippen molar-refractivity contribution in [1.29, 1.82) is 0 Å². The van der Waals surface area contributed by atoms with Gasteiger partial charge in [0.05, 0.1) is 12.8 Å². The van der Waals surface area contributed by atoms with E-state index in [1.54, 1.807) is 0 Å². The van der Waals surface area contributed by atoms with Crippen molar-refractivity contribution in [3.8, 4) is 0 Å². The Morgan fingerprint density at radius 1 is 1.53 bits per heavy atom. The minimum absolute atomic E-state index is 0.0857. The van der Waals surface area contributed by atoms with Crippen LogP contribution in [0.5, 0.6) is 0 Å². The summed E-state index contributed by atoms with van der Waals surface area (Å²) < 4.78 is 4.68. The Morgan fingerprint density at radius 3 is 2.93 bits per heavy atom. The summed E-state index contributed by atoms with van der Waals surface area (Å²) in [5.41, 5.74) is 1.75. The van der Waals surface area contributed by atoms with Crippen LogP contribution >= 0.6 is 0 Å². The summed E-state index contributed by atoms with van der Waals surface area (Å²) in [6.07, 6.45) is 1.99. The molecule has 15 heavy (non-hydrogen) atoms. The fourth-order valence-corrected chi connectivity index (χ4v) is 2.43. The lowest BCUT2D eigenvalue weighted by Crippen LogP contribution is -2.36. The molecule has 0 aromatic rings. The van der Waals surface area contributed by atoms with E-state index in [9.17, 15) is 9.59 Å². The van der Waals surface area contributed by atoms with E-state index < -0.39 is 6.09 Å². The number of Topliss-reactive ketones (excluding diaryl/α,β-unsaturated/α-hetero) is 1. The molecule has 0 aromatic heterocycles. The minimum Gasteiger partial charge on any atom is -0.452 e. The number of nitrogens with zero attached hydrogens (tertiary/aromatic N) is 1. The van der Waals surface area contributed by atoms with Crippen molar-refractivity contribution in [2.75, 3.05) is 13.7 Å². The van der Waals surface area contributed by atoms with Gasteiger partial charge < -0.3 is 4.74 Å². The molecule has 0 aromatic carbocycles. The van der Waals surface area contributed by atoms with Crippen molar-refractivity contribution in [1.82, 2.24) is 4.90 Å². The number of ketones is 1. The van der Waals surface area contributed by atoms with E-state index in [1.165, 1.54) is 12.0 Å². The molecule has 0 saturated heterocycles. The van der Waals surface area contributed by atoms with E-state index in [0.717, 1.165) is 18.4 Å². The largest absolute Gasteiger partial charge is 0.452 e. The highest BCUT2D eigenvalue weighted by molar-refractivity contribution is 6.01. The molecule has 1 aliphatic heterocycles. The summed E-state index contributed by atoms with van der Waals surface area (Å²) in [7, 11) is 1.35. The number of hydrogen-bond donors (Lipinski definition) is 0. The van der Waals surface area contributed by atoms with E-state index in [2.05, 4.69) is 4.74 Å². The van der Waals surface area contributed by atoms with Crippen LogP contribution < -0.4 is 0 Å². The zero-order valence-corrected chi connectivity index (χ0v) is 9.08. The summed E-state index contributed by atoms with van der Waals surface area (Å²) in [6.45, 7) is 2.64. The molecule has 2 aliphatic rings. The van der Waals surface area contributed by atoms with Gasteiger partial charge in [0.15, 0.2) is 5.78 Å². The molecule has 1 amide bonds. The van der Waals surface area contributed by atoms with Crippen LogP contribution in [-0.4, -0.2) is 30.4 Å².